The standard InChI is InChI=1S/C17H18F3N3O/c1-2-3-7-22-15-8-12(10-21-11-15)16(24)23-14-6-4-5-13(9-14)17(18,19)20/h4-6,8-11,22H,2-3,7H2,1H3,(H,23,24). The number of halogens is 3. The van der Waals surface area contributed by atoms with Gasteiger partial charge in [0.2, 0.25) is 0 Å². The van der Waals surface area contributed by atoms with Crippen LogP contribution in [-0.4, -0.2) is 17.4 Å². The van der Waals surface area contributed by atoms with E-state index in [1.807, 2.05) is 0 Å². The van der Waals surface area contributed by atoms with Gasteiger partial charge in [-0.3, -0.25) is 9.78 Å². The maximum atomic E-state index is 12.7. The number of unbranched alkanes of at least 4 members (excludes halogenated alkanes) is 1. The first-order valence-corrected chi connectivity index (χ1v) is 7.57. The molecule has 1 amide bonds. The molecule has 7 heteroatoms. The average molecular weight is 337 g/mol. The Kier molecular flexibility index (Phi) is 5.78. The molecule has 0 aliphatic rings. The van der Waals surface area contributed by atoms with Crippen molar-refractivity contribution in [2.75, 3.05) is 17.2 Å². The Morgan fingerprint density at radius 2 is 1.96 bits per heavy atom. The zero-order valence-electron chi connectivity index (χ0n) is 13.2. The van der Waals surface area contributed by atoms with Gasteiger partial charge in [0.05, 0.1) is 16.8 Å². The van der Waals surface area contributed by atoms with E-state index in [-0.39, 0.29) is 11.3 Å². The van der Waals surface area contributed by atoms with Crippen LogP contribution >= 0.6 is 0 Å². The van der Waals surface area contributed by atoms with Crippen LogP contribution in [0.4, 0.5) is 24.5 Å². The van der Waals surface area contributed by atoms with E-state index in [9.17, 15) is 18.0 Å². The number of anilines is 2. The monoisotopic (exact) mass is 337 g/mol. The van der Waals surface area contributed by atoms with Crippen molar-refractivity contribution in [3.8, 4) is 0 Å². The Bertz CT molecular complexity index is 701. The number of aromatic nitrogens is 1. The number of hydrogen-bond acceptors (Lipinski definition) is 3. The first-order valence-electron chi connectivity index (χ1n) is 7.57. The summed E-state index contributed by atoms with van der Waals surface area (Å²) in [6, 6.07) is 6.12. The second-order valence-electron chi connectivity index (χ2n) is 5.28. The highest BCUT2D eigenvalue weighted by Gasteiger charge is 2.30. The fourth-order valence-corrected chi connectivity index (χ4v) is 2.05. The molecule has 128 valence electrons. The number of carbonyl (C=O) groups is 1. The maximum absolute atomic E-state index is 12.7. The van der Waals surface area contributed by atoms with Gasteiger partial charge in [0.25, 0.3) is 5.91 Å². The Labute approximate surface area is 138 Å². The van der Waals surface area contributed by atoms with Crippen molar-refractivity contribution in [3.63, 3.8) is 0 Å². The molecule has 0 fully saturated rings. The molecule has 1 aromatic heterocycles. The van der Waals surface area contributed by atoms with Crippen LogP contribution < -0.4 is 10.6 Å². The molecule has 1 heterocycles. The fourth-order valence-electron chi connectivity index (χ4n) is 2.05. The summed E-state index contributed by atoms with van der Waals surface area (Å²) in [6.45, 7) is 2.83. The lowest BCUT2D eigenvalue weighted by atomic mass is 10.2. The van der Waals surface area contributed by atoms with Crippen LogP contribution in [0.15, 0.2) is 42.7 Å². The largest absolute Gasteiger partial charge is 0.416 e. The number of benzene rings is 1. The van der Waals surface area contributed by atoms with Crippen LogP contribution in [0.2, 0.25) is 0 Å². The Hall–Kier alpha value is -2.57. The van der Waals surface area contributed by atoms with E-state index in [0.717, 1.165) is 31.5 Å². The zero-order valence-corrected chi connectivity index (χ0v) is 13.2. The predicted octanol–water partition coefficient (Wildman–Crippen LogP) is 4.56. The van der Waals surface area contributed by atoms with Gasteiger partial charge in [-0.25, -0.2) is 0 Å². The van der Waals surface area contributed by atoms with Gasteiger partial charge < -0.3 is 10.6 Å². The summed E-state index contributed by atoms with van der Waals surface area (Å²) in [5, 5.41) is 5.60. The van der Waals surface area contributed by atoms with Gasteiger partial charge in [-0.05, 0) is 30.7 Å². The van der Waals surface area contributed by atoms with Crippen molar-refractivity contribution in [1.82, 2.24) is 4.98 Å². The third-order valence-corrected chi connectivity index (χ3v) is 3.31. The molecule has 24 heavy (non-hydrogen) atoms. The van der Waals surface area contributed by atoms with Gasteiger partial charge in [-0.1, -0.05) is 19.4 Å². The molecule has 1 aromatic carbocycles. The summed E-state index contributed by atoms with van der Waals surface area (Å²) >= 11 is 0. The highest BCUT2D eigenvalue weighted by molar-refractivity contribution is 6.04. The molecule has 0 radical (unpaired) electrons. The molecule has 4 nitrogen and oxygen atoms in total. The Balaban J connectivity index is 2.08. The molecule has 0 aliphatic carbocycles. The average Bonchev–Trinajstić information content (AvgIpc) is 2.55. The lowest BCUT2D eigenvalue weighted by Crippen LogP contribution is -2.14. The van der Waals surface area contributed by atoms with Crippen molar-refractivity contribution in [1.29, 1.82) is 0 Å². The highest BCUT2D eigenvalue weighted by Crippen LogP contribution is 2.30. The van der Waals surface area contributed by atoms with Crippen LogP contribution in [0, 0.1) is 0 Å². The third kappa shape index (κ3) is 4.97. The molecule has 2 rings (SSSR count). The number of amides is 1. The van der Waals surface area contributed by atoms with Gasteiger partial charge in [0, 0.05) is 24.6 Å². The van der Waals surface area contributed by atoms with Gasteiger partial charge in [-0.2, -0.15) is 13.2 Å². The summed E-state index contributed by atoms with van der Waals surface area (Å²) in [7, 11) is 0. The highest BCUT2D eigenvalue weighted by atomic mass is 19.4. The van der Waals surface area contributed by atoms with E-state index in [2.05, 4.69) is 22.5 Å². The molecule has 0 aliphatic heterocycles. The van der Waals surface area contributed by atoms with Crippen molar-refractivity contribution < 1.29 is 18.0 Å². The summed E-state index contributed by atoms with van der Waals surface area (Å²) in [6.07, 6.45) is 0.535. The van der Waals surface area contributed by atoms with Crippen LogP contribution in [0.1, 0.15) is 35.7 Å². The van der Waals surface area contributed by atoms with E-state index >= 15 is 0 Å². The molecular formula is C17H18F3N3O. The van der Waals surface area contributed by atoms with E-state index in [0.29, 0.717) is 5.69 Å². The third-order valence-electron chi connectivity index (χ3n) is 3.31. The quantitative estimate of drug-likeness (QED) is 0.760. The second kappa shape index (κ2) is 7.81. The SMILES string of the molecule is CCCCNc1cncc(C(=O)Nc2cccc(C(F)(F)F)c2)c1. The minimum absolute atomic E-state index is 0.0826. The van der Waals surface area contributed by atoms with Crippen molar-refractivity contribution in [2.24, 2.45) is 0 Å². The zero-order chi connectivity index (χ0) is 17.6. The molecule has 2 N–H and O–H groups in total. The van der Waals surface area contributed by atoms with E-state index in [1.54, 1.807) is 12.3 Å². The summed E-state index contributed by atoms with van der Waals surface area (Å²) in [4.78, 5) is 16.2. The van der Waals surface area contributed by atoms with Gasteiger partial charge in [0.15, 0.2) is 0 Å². The number of carbonyl (C=O) groups excluding carboxylic acids is 1. The Morgan fingerprint density at radius 1 is 1.17 bits per heavy atom. The topological polar surface area (TPSA) is 54.0 Å². The lowest BCUT2D eigenvalue weighted by molar-refractivity contribution is -0.137. The Morgan fingerprint density at radius 3 is 2.67 bits per heavy atom. The normalized spacial score (nSPS) is 11.2. The van der Waals surface area contributed by atoms with E-state index < -0.39 is 17.6 Å². The summed E-state index contributed by atoms with van der Waals surface area (Å²) in [5.41, 5.74) is 0.238. The minimum Gasteiger partial charge on any atom is -0.384 e. The molecule has 0 bridgehead atoms. The number of hydrogen-bond donors (Lipinski definition) is 2. The molecule has 0 saturated heterocycles. The van der Waals surface area contributed by atoms with Crippen LogP contribution in [0.5, 0.6) is 0 Å². The molecule has 2 aromatic rings. The number of pyridine rings is 1. The molecule has 0 atom stereocenters. The minimum atomic E-state index is -4.45. The predicted molar refractivity (Wildman–Crippen MR) is 87.0 cm³/mol. The van der Waals surface area contributed by atoms with Crippen LogP contribution in [-0.2, 0) is 6.18 Å². The van der Waals surface area contributed by atoms with Crippen molar-refractivity contribution >= 4 is 17.3 Å². The van der Waals surface area contributed by atoms with E-state index in [1.165, 1.54) is 18.3 Å². The van der Waals surface area contributed by atoms with E-state index in [4.69, 9.17) is 0 Å². The molecule has 0 saturated carbocycles. The van der Waals surface area contributed by atoms with Gasteiger partial charge in [-0.15, -0.1) is 0 Å². The lowest BCUT2D eigenvalue weighted by Gasteiger charge is -2.10. The van der Waals surface area contributed by atoms with Gasteiger partial charge >= 0.3 is 6.18 Å². The van der Waals surface area contributed by atoms with Crippen molar-refractivity contribution in [3.05, 3.63) is 53.9 Å². The second-order valence-corrected chi connectivity index (χ2v) is 5.28. The van der Waals surface area contributed by atoms with Crippen molar-refractivity contribution in [2.45, 2.75) is 25.9 Å². The van der Waals surface area contributed by atoms with Crippen LogP contribution in [0.3, 0.4) is 0 Å². The summed E-state index contributed by atoms with van der Waals surface area (Å²) < 4.78 is 38.1. The fraction of sp³-hybridized carbons (Fsp3) is 0.294. The van der Waals surface area contributed by atoms with Crippen LogP contribution in [0.25, 0.3) is 0 Å². The first kappa shape index (κ1) is 17.8. The smallest absolute Gasteiger partial charge is 0.384 e. The molecular weight excluding hydrogens is 319 g/mol. The first-order chi connectivity index (χ1) is 11.4. The van der Waals surface area contributed by atoms with Gasteiger partial charge in [0.1, 0.15) is 0 Å². The number of rotatable bonds is 6. The number of nitrogens with one attached hydrogen (secondary N) is 2. The molecule has 0 spiro atoms. The maximum Gasteiger partial charge on any atom is 0.416 e. The molecule has 0 unspecified atom stereocenters. The number of alkyl halides is 3. The summed E-state index contributed by atoms with van der Waals surface area (Å²) in [5.74, 6) is -0.513. The number of nitrogens with zero attached hydrogens (tertiary/aromatic N) is 1.